The maximum atomic E-state index is 11.8. The van der Waals surface area contributed by atoms with E-state index in [1.807, 2.05) is 24.3 Å². The van der Waals surface area contributed by atoms with Crippen LogP contribution in [0.5, 0.6) is 0 Å². The summed E-state index contributed by atoms with van der Waals surface area (Å²) in [7, 11) is 0. The summed E-state index contributed by atoms with van der Waals surface area (Å²) in [4.78, 5) is 23.6. The van der Waals surface area contributed by atoms with E-state index < -0.39 is 0 Å². The van der Waals surface area contributed by atoms with Crippen LogP contribution in [0.3, 0.4) is 0 Å². The third-order valence-electron chi connectivity index (χ3n) is 3.31. The van der Waals surface area contributed by atoms with Crippen molar-refractivity contribution in [2.75, 3.05) is 11.9 Å². The van der Waals surface area contributed by atoms with Crippen molar-refractivity contribution in [1.29, 1.82) is 0 Å². The van der Waals surface area contributed by atoms with Gasteiger partial charge in [0, 0.05) is 28.1 Å². The SMILES string of the molecule is O=C(Cc1ccc(Br)cc1)NCCCC(=O)Nc1ccc(Cl)cc1. The highest BCUT2D eigenvalue weighted by Gasteiger charge is 2.05. The Labute approximate surface area is 154 Å². The van der Waals surface area contributed by atoms with Gasteiger partial charge in [-0.15, -0.1) is 0 Å². The molecule has 0 fully saturated rings. The molecule has 0 aliphatic carbocycles. The highest BCUT2D eigenvalue weighted by Crippen LogP contribution is 2.13. The number of carbonyl (C=O) groups is 2. The number of benzene rings is 2. The van der Waals surface area contributed by atoms with E-state index in [1.165, 1.54) is 0 Å². The third kappa shape index (κ3) is 6.72. The van der Waals surface area contributed by atoms with Gasteiger partial charge in [0.1, 0.15) is 0 Å². The van der Waals surface area contributed by atoms with E-state index in [9.17, 15) is 9.59 Å². The molecule has 0 spiro atoms. The molecule has 2 amide bonds. The van der Waals surface area contributed by atoms with Gasteiger partial charge in [0.05, 0.1) is 6.42 Å². The largest absolute Gasteiger partial charge is 0.356 e. The Morgan fingerprint density at radius 3 is 2.29 bits per heavy atom. The summed E-state index contributed by atoms with van der Waals surface area (Å²) in [5, 5.41) is 6.24. The maximum absolute atomic E-state index is 11.8. The highest BCUT2D eigenvalue weighted by atomic mass is 79.9. The smallest absolute Gasteiger partial charge is 0.224 e. The molecular formula is C18H18BrClN2O2. The number of amides is 2. The predicted molar refractivity (Wildman–Crippen MR) is 100 cm³/mol. The molecule has 0 saturated carbocycles. The molecule has 0 aliphatic heterocycles. The highest BCUT2D eigenvalue weighted by molar-refractivity contribution is 9.10. The molecule has 0 saturated heterocycles. The standard InChI is InChI=1S/C18H18BrClN2O2/c19-14-5-3-13(4-6-14)12-18(24)21-11-1-2-17(23)22-16-9-7-15(20)8-10-16/h3-10H,1-2,11-12H2,(H,21,24)(H,22,23). The molecule has 2 rings (SSSR count). The van der Waals surface area contributed by atoms with E-state index in [2.05, 4.69) is 26.6 Å². The van der Waals surface area contributed by atoms with Gasteiger partial charge in [0.2, 0.25) is 11.8 Å². The second-order valence-corrected chi connectivity index (χ2v) is 6.66. The summed E-state index contributed by atoms with van der Waals surface area (Å²) in [5.41, 5.74) is 1.67. The van der Waals surface area contributed by atoms with Crippen LogP contribution < -0.4 is 10.6 Å². The molecule has 0 heterocycles. The fraction of sp³-hybridized carbons (Fsp3) is 0.222. The quantitative estimate of drug-likeness (QED) is 0.674. The Hall–Kier alpha value is -1.85. The minimum absolute atomic E-state index is 0.0459. The Bertz CT molecular complexity index is 626. The van der Waals surface area contributed by atoms with Crippen molar-refractivity contribution < 1.29 is 9.59 Å². The summed E-state index contributed by atoms with van der Waals surface area (Å²) in [6.45, 7) is 0.476. The number of hydrogen-bond donors (Lipinski definition) is 2. The van der Waals surface area contributed by atoms with Crippen LogP contribution >= 0.6 is 27.5 Å². The summed E-state index contributed by atoms with van der Waals surface area (Å²) in [6, 6.07) is 14.6. The van der Waals surface area contributed by atoms with Gasteiger partial charge in [-0.3, -0.25) is 9.59 Å². The molecule has 2 aromatic rings. The normalized spacial score (nSPS) is 10.2. The average molecular weight is 410 g/mol. The average Bonchev–Trinajstić information content (AvgIpc) is 2.56. The van der Waals surface area contributed by atoms with Gasteiger partial charge in [0.15, 0.2) is 0 Å². The van der Waals surface area contributed by atoms with E-state index in [1.54, 1.807) is 24.3 Å². The topological polar surface area (TPSA) is 58.2 Å². The number of hydrogen-bond acceptors (Lipinski definition) is 2. The first kappa shape index (κ1) is 18.5. The van der Waals surface area contributed by atoms with Crippen LogP contribution in [0, 0.1) is 0 Å². The molecule has 0 bridgehead atoms. The molecule has 0 aliphatic rings. The number of rotatable bonds is 7. The van der Waals surface area contributed by atoms with Gasteiger partial charge < -0.3 is 10.6 Å². The fourth-order valence-corrected chi connectivity index (χ4v) is 2.47. The lowest BCUT2D eigenvalue weighted by Crippen LogP contribution is -2.27. The molecule has 2 aromatic carbocycles. The first-order valence-corrected chi connectivity index (χ1v) is 8.76. The van der Waals surface area contributed by atoms with Crippen molar-refractivity contribution in [3.8, 4) is 0 Å². The van der Waals surface area contributed by atoms with Crippen LogP contribution in [-0.2, 0) is 16.0 Å². The zero-order valence-electron chi connectivity index (χ0n) is 13.0. The Morgan fingerprint density at radius 2 is 1.62 bits per heavy atom. The summed E-state index contributed by atoms with van der Waals surface area (Å²) >= 11 is 9.15. The van der Waals surface area contributed by atoms with E-state index in [-0.39, 0.29) is 11.8 Å². The number of anilines is 1. The van der Waals surface area contributed by atoms with Gasteiger partial charge >= 0.3 is 0 Å². The molecular weight excluding hydrogens is 392 g/mol. The Kier molecular flexibility index (Phi) is 7.28. The van der Waals surface area contributed by atoms with Gasteiger partial charge in [-0.25, -0.2) is 0 Å². The van der Waals surface area contributed by atoms with E-state index in [0.29, 0.717) is 36.5 Å². The first-order chi connectivity index (χ1) is 11.5. The first-order valence-electron chi connectivity index (χ1n) is 7.59. The van der Waals surface area contributed by atoms with Crippen LogP contribution in [0.4, 0.5) is 5.69 Å². The number of nitrogens with one attached hydrogen (secondary N) is 2. The van der Waals surface area contributed by atoms with Gasteiger partial charge in [-0.1, -0.05) is 39.7 Å². The van der Waals surface area contributed by atoms with Crippen molar-refractivity contribution >= 4 is 45.0 Å². The Morgan fingerprint density at radius 1 is 0.958 bits per heavy atom. The van der Waals surface area contributed by atoms with Crippen LogP contribution in [0.25, 0.3) is 0 Å². The van der Waals surface area contributed by atoms with Crippen molar-refractivity contribution in [3.63, 3.8) is 0 Å². The molecule has 0 radical (unpaired) electrons. The number of carbonyl (C=O) groups excluding carboxylic acids is 2. The van der Waals surface area contributed by atoms with Crippen molar-refractivity contribution in [2.45, 2.75) is 19.3 Å². The van der Waals surface area contributed by atoms with Crippen molar-refractivity contribution in [2.24, 2.45) is 0 Å². The second kappa shape index (κ2) is 9.45. The number of halogens is 2. The second-order valence-electron chi connectivity index (χ2n) is 5.31. The molecule has 6 heteroatoms. The molecule has 0 unspecified atom stereocenters. The molecule has 2 N–H and O–H groups in total. The van der Waals surface area contributed by atoms with E-state index in [4.69, 9.17) is 11.6 Å². The zero-order valence-corrected chi connectivity index (χ0v) is 15.4. The Balaban J connectivity index is 1.63. The third-order valence-corrected chi connectivity index (χ3v) is 4.09. The van der Waals surface area contributed by atoms with Gasteiger partial charge in [-0.2, -0.15) is 0 Å². The summed E-state index contributed by atoms with van der Waals surface area (Å²) in [5.74, 6) is -0.130. The zero-order chi connectivity index (χ0) is 17.4. The lowest BCUT2D eigenvalue weighted by molar-refractivity contribution is -0.121. The molecule has 24 heavy (non-hydrogen) atoms. The van der Waals surface area contributed by atoms with Crippen molar-refractivity contribution in [1.82, 2.24) is 5.32 Å². The molecule has 4 nitrogen and oxygen atoms in total. The van der Waals surface area contributed by atoms with Crippen LogP contribution in [0.1, 0.15) is 18.4 Å². The monoisotopic (exact) mass is 408 g/mol. The molecule has 0 aromatic heterocycles. The van der Waals surface area contributed by atoms with Crippen LogP contribution in [-0.4, -0.2) is 18.4 Å². The van der Waals surface area contributed by atoms with E-state index in [0.717, 1.165) is 10.0 Å². The molecule has 0 atom stereocenters. The van der Waals surface area contributed by atoms with Crippen LogP contribution in [0.2, 0.25) is 5.02 Å². The predicted octanol–water partition coefficient (Wildman–Crippen LogP) is 4.18. The maximum Gasteiger partial charge on any atom is 0.224 e. The van der Waals surface area contributed by atoms with E-state index >= 15 is 0 Å². The lowest BCUT2D eigenvalue weighted by atomic mass is 10.1. The summed E-state index contributed by atoms with van der Waals surface area (Å²) < 4.78 is 0.985. The van der Waals surface area contributed by atoms with Crippen molar-refractivity contribution in [3.05, 3.63) is 63.6 Å². The molecule has 126 valence electrons. The minimum atomic E-state index is -0.0838. The summed E-state index contributed by atoms with van der Waals surface area (Å²) in [6.07, 6.45) is 1.27. The minimum Gasteiger partial charge on any atom is -0.356 e. The van der Waals surface area contributed by atoms with Gasteiger partial charge in [-0.05, 0) is 48.4 Å². The fourth-order valence-electron chi connectivity index (χ4n) is 2.08. The lowest BCUT2D eigenvalue weighted by Gasteiger charge is -2.07. The van der Waals surface area contributed by atoms with Gasteiger partial charge in [0.25, 0.3) is 0 Å². The van der Waals surface area contributed by atoms with Crippen LogP contribution in [0.15, 0.2) is 53.0 Å².